The van der Waals surface area contributed by atoms with E-state index in [2.05, 4.69) is 0 Å². The Morgan fingerprint density at radius 2 is 1.74 bits per heavy atom. The summed E-state index contributed by atoms with van der Waals surface area (Å²) in [5.41, 5.74) is 0. The fourth-order valence-corrected chi connectivity index (χ4v) is 3.21. The molecule has 1 aromatic carbocycles. The molecule has 0 bridgehead atoms. The van der Waals surface area contributed by atoms with Crippen molar-refractivity contribution in [2.45, 2.75) is 17.5 Å². The minimum absolute atomic E-state index is 0.0429. The van der Waals surface area contributed by atoms with Gasteiger partial charge in [0.15, 0.2) is 9.84 Å². The molecule has 0 unspecified atom stereocenters. The van der Waals surface area contributed by atoms with E-state index in [1.54, 1.807) is 5.32 Å². The smallest absolute Gasteiger partial charge is 0.471 e. The number of halogens is 4. The maximum absolute atomic E-state index is 13.6. The highest BCUT2D eigenvalue weighted by Gasteiger charge is 2.38. The summed E-state index contributed by atoms with van der Waals surface area (Å²) in [5.74, 6) is -3.83. The number of nitrogens with one attached hydrogen (secondary N) is 1. The summed E-state index contributed by atoms with van der Waals surface area (Å²) in [6, 6.07) is 2.76. The van der Waals surface area contributed by atoms with Crippen LogP contribution in [0.5, 0.6) is 5.75 Å². The molecule has 0 saturated heterocycles. The molecule has 2 N–H and O–H groups in total. The van der Waals surface area contributed by atoms with Gasteiger partial charge in [-0.25, -0.2) is 12.8 Å². The number of carbonyl (C=O) groups excluding carboxylic acids is 1. The summed E-state index contributed by atoms with van der Waals surface area (Å²) in [5, 5.41) is 10.7. The first-order valence-electron chi connectivity index (χ1n) is 7.76. The lowest BCUT2D eigenvalue weighted by Crippen LogP contribution is -2.38. The van der Waals surface area contributed by atoms with Gasteiger partial charge in [-0.2, -0.15) is 13.2 Å². The van der Waals surface area contributed by atoms with Gasteiger partial charge in [0, 0.05) is 19.2 Å². The van der Waals surface area contributed by atoms with Crippen molar-refractivity contribution >= 4 is 15.7 Å². The van der Waals surface area contributed by atoms with Gasteiger partial charge in [-0.05, 0) is 18.6 Å². The molecule has 0 saturated carbocycles. The molecule has 0 atom stereocenters. The Morgan fingerprint density at radius 3 is 2.33 bits per heavy atom. The molecule has 12 heteroatoms. The number of phenolic OH excluding ortho intramolecular Hbond substituents is 1. The first-order chi connectivity index (χ1) is 12.5. The maximum Gasteiger partial charge on any atom is 0.471 e. The first kappa shape index (κ1) is 23.1. The lowest BCUT2D eigenvalue weighted by atomic mass is 10.3. The van der Waals surface area contributed by atoms with Gasteiger partial charge in [-0.15, -0.1) is 0 Å². The van der Waals surface area contributed by atoms with Crippen LogP contribution in [0.3, 0.4) is 0 Å². The molecule has 7 nitrogen and oxygen atoms in total. The van der Waals surface area contributed by atoms with Crippen LogP contribution < -0.4 is 5.32 Å². The summed E-state index contributed by atoms with van der Waals surface area (Å²) in [7, 11) is -3.86. The lowest BCUT2D eigenvalue weighted by molar-refractivity contribution is -0.173. The molecule has 1 aromatic rings. The van der Waals surface area contributed by atoms with Gasteiger partial charge in [-0.3, -0.25) is 4.79 Å². The van der Waals surface area contributed by atoms with Gasteiger partial charge < -0.3 is 19.9 Å². The fraction of sp³-hybridized carbons (Fsp3) is 0.533. The molecular weight excluding hydrogens is 398 g/mol. The summed E-state index contributed by atoms with van der Waals surface area (Å²) < 4.78 is 83.2. The molecule has 0 aliphatic rings. The monoisotopic (exact) mass is 417 g/mol. The predicted molar refractivity (Wildman–Crippen MR) is 85.4 cm³/mol. The number of amides is 1. The molecule has 0 spiro atoms. The van der Waals surface area contributed by atoms with Gasteiger partial charge in [0.25, 0.3) is 0 Å². The van der Waals surface area contributed by atoms with Crippen LogP contribution >= 0.6 is 0 Å². The predicted octanol–water partition coefficient (Wildman–Crippen LogP) is 1.41. The number of hydrogen-bond acceptors (Lipinski definition) is 6. The van der Waals surface area contributed by atoms with Crippen molar-refractivity contribution in [3.05, 3.63) is 24.0 Å². The summed E-state index contributed by atoms with van der Waals surface area (Å²) >= 11 is 0. The molecule has 0 aromatic heterocycles. The quantitative estimate of drug-likeness (QED) is 0.417. The normalized spacial score (nSPS) is 12.1. The molecular formula is C15H19F4NO6S. The van der Waals surface area contributed by atoms with Gasteiger partial charge >= 0.3 is 12.1 Å². The van der Waals surface area contributed by atoms with Crippen LogP contribution in [0.1, 0.15) is 6.42 Å². The summed E-state index contributed by atoms with van der Waals surface area (Å²) in [6.07, 6.45) is -4.85. The van der Waals surface area contributed by atoms with Crippen molar-refractivity contribution in [2.75, 3.05) is 38.7 Å². The maximum atomic E-state index is 13.6. The average Bonchev–Trinajstić information content (AvgIpc) is 2.55. The zero-order chi connectivity index (χ0) is 20.5. The van der Waals surface area contributed by atoms with Crippen LogP contribution in [0.15, 0.2) is 23.1 Å². The summed E-state index contributed by atoms with van der Waals surface area (Å²) in [6.45, 7) is -0.288. The van der Waals surface area contributed by atoms with Crippen molar-refractivity contribution in [1.82, 2.24) is 5.32 Å². The summed E-state index contributed by atoms with van der Waals surface area (Å²) in [4.78, 5) is 9.98. The third kappa shape index (κ3) is 8.54. The number of carbonyl (C=O) groups is 1. The second kappa shape index (κ2) is 10.4. The Hall–Kier alpha value is -1.92. The number of alkyl halides is 3. The van der Waals surface area contributed by atoms with Crippen molar-refractivity contribution < 1.29 is 45.4 Å². The minimum Gasteiger partial charge on any atom is -0.508 e. The molecule has 1 amide bonds. The number of ether oxygens (including phenoxy) is 2. The standard InChI is InChI=1S/C15H19F4NO6S/c16-12-10-11(21)2-3-13(12)27(23,24)9-1-5-25-7-8-26-6-4-20-14(22)15(17,18)19/h2-3,10,21H,1,4-9H2,(H,20,22). The van der Waals surface area contributed by atoms with Crippen LogP contribution in [-0.4, -0.2) is 64.3 Å². The Labute approximate surface area is 153 Å². The van der Waals surface area contributed by atoms with Crippen molar-refractivity contribution in [2.24, 2.45) is 0 Å². The third-order valence-corrected chi connectivity index (χ3v) is 4.94. The van der Waals surface area contributed by atoms with Gasteiger partial charge in [0.2, 0.25) is 0 Å². The van der Waals surface area contributed by atoms with E-state index in [-0.39, 0.29) is 50.9 Å². The molecule has 154 valence electrons. The van der Waals surface area contributed by atoms with E-state index in [0.717, 1.165) is 12.1 Å². The van der Waals surface area contributed by atoms with Gasteiger partial charge in [0.1, 0.15) is 16.5 Å². The van der Waals surface area contributed by atoms with E-state index in [9.17, 15) is 30.8 Å². The number of sulfone groups is 1. The zero-order valence-electron chi connectivity index (χ0n) is 14.1. The average molecular weight is 417 g/mol. The van der Waals surface area contributed by atoms with Crippen LogP contribution in [-0.2, 0) is 24.1 Å². The second-order valence-corrected chi connectivity index (χ2v) is 7.34. The molecule has 0 heterocycles. The highest BCUT2D eigenvalue weighted by atomic mass is 32.2. The van der Waals surface area contributed by atoms with Crippen LogP contribution in [0, 0.1) is 5.82 Å². The molecule has 0 aliphatic heterocycles. The molecule has 0 fully saturated rings. The van der Waals surface area contributed by atoms with Gasteiger partial charge in [-0.1, -0.05) is 0 Å². The number of benzene rings is 1. The molecule has 0 radical (unpaired) electrons. The fourth-order valence-electron chi connectivity index (χ4n) is 1.86. The van der Waals surface area contributed by atoms with E-state index in [1.165, 1.54) is 0 Å². The van der Waals surface area contributed by atoms with Crippen molar-refractivity contribution in [3.63, 3.8) is 0 Å². The lowest BCUT2D eigenvalue weighted by Gasteiger charge is -2.09. The van der Waals surface area contributed by atoms with Crippen LogP contribution in [0.25, 0.3) is 0 Å². The van der Waals surface area contributed by atoms with E-state index in [0.29, 0.717) is 6.07 Å². The van der Waals surface area contributed by atoms with Crippen LogP contribution in [0.4, 0.5) is 17.6 Å². The topological polar surface area (TPSA) is 102 Å². The Kier molecular flexibility index (Phi) is 8.93. The Bertz CT molecular complexity index is 724. The van der Waals surface area contributed by atoms with E-state index >= 15 is 0 Å². The highest BCUT2D eigenvalue weighted by Crippen LogP contribution is 2.21. The Morgan fingerprint density at radius 1 is 1.11 bits per heavy atom. The SMILES string of the molecule is O=C(NCCOCCOCCCS(=O)(=O)c1ccc(O)cc1F)C(F)(F)F. The number of aromatic hydroxyl groups is 1. The first-order valence-corrected chi connectivity index (χ1v) is 9.41. The van der Waals surface area contributed by atoms with E-state index < -0.39 is 32.6 Å². The number of rotatable bonds is 11. The van der Waals surface area contributed by atoms with E-state index in [1.807, 2.05) is 0 Å². The zero-order valence-corrected chi connectivity index (χ0v) is 14.9. The van der Waals surface area contributed by atoms with Crippen LogP contribution in [0.2, 0.25) is 0 Å². The molecule has 1 rings (SSSR count). The Balaban J connectivity index is 2.13. The number of hydrogen-bond donors (Lipinski definition) is 2. The van der Waals surface area contributed by atoms with Gasteiger partial charge in [0.05, 0.1) is 25.6 Å². The third-order valence-electron chi connectivity index (χ3n) is 3.11. The number of phenols is 1. The molecule has 0 aliphatic carbocycles. The van der Waals surface area contributed by atoms with E-state index in [4.69, 9.17) is 14.6 Å². The largest absolute Gasteiger partial charge is 0.508 e. The second-order valence-electron chi connectivity index (χ2n) is 5.27. The van der Waals surface area contributed by atoms with Crippen molar-refractivity contribution in [1.29, 1.82) is 0 Å². The minimum atomic E-state index is -4.94. The highest BCUT2D eigenvalue weighted by molar-refractivity contribution is 7.91. The van der Waals surface area contributed by atoms with Crippen molar-refractivity contribution in [3.8, 4) is 5.75 Å². The molecule has 27 heavy (non-hydrogen) atoms.